The molecule has 0 spiro atoms. The summed E-state index contributed by atoms with van der Waals surface area (Å²) in [7, 11) is 0. The van der Waals surface area contributed by atoms with Gasteiger partial charge in [0.25, 0.3) is 0 Å². The van der Waals surface area contributed by atoms with Crippen molar-refractivity contribution in [2.45, 2.75) is 31.5 Å². The Hall–Kier alpha value is -0.910. The molecule has 1 aromatic heterocycles. The van der Waals surface area contributed by atoms with Crippen molar-refractivity contribution in [2.75, 3.05) is 6.61 Å². The zero-order chi connectivity index (χ0) is 11.5. The lowest BCUT2D eigenvalue weighted by molar-refractivity contribution is -0.131. The standard InChI is InChI=1S/C11H15NO3S/c13-7-10(14)9-3-4-11(15)12(9)6-8-2-1-5-16-8/h1-2,5,9-10,13-14H,3-4,6-7H2/t9-,10?/m0/s1. The van der Waals surface area contributed by atoms with Crippen LogP contribution in [0.15, 0.2) is 17.5 Å². The third-order valence-electron chi connectivity index (χ3n) is 2.91. The van der Waals surface area contributed by atoms with E-state index in [1.54, 1.807) is 16.2 Å². The maximum atomic E-state index is 11.7. The van der Waals surface area contributed by atoms with Crippen molar-refractivity contribution >= 4 is 17.2 Å². The third-order valence-corrected chi connectivity index (χ3v) is 3.77. The maximum absolute atomic E-state index is 11.7. The highest BCUT2D eigenvalue weighted by molar-refractivity contribution is 7.09. The van der Waals surface area contributed by atoms with Gasteiger partial charge in [-0.15, -0.1) is 11.3 Å². The fraction of sp³-hybridized carbons (Fsp3) is 0.545. The van der Waals surface area contributed by atoms with E-state index in [1.165, 1.54) is 0 Å². The van der Waals surface area contributed by atoms with Crippen LogP contribution in [0.5, 0.6) is 0 Å². The van der Waals surface area contributed by atoms with Crippen LogP contribution in [-0.4, -0.2) is 39.8 Å². The van der Waals surface area contributed by atoms with Gasteiger partial charge in [0.15, 0.2) is 0 Å². The molecule has 2 heterocycles. The molecular formula is C11H15NO3S. The van der Waals surface area contributed by atoms with E-state index in [9.17, 15) is 9.90 Å². The van der Waals surface area contributed by atoms with E-state index in [4.69, 9.17) is 5.11 Å². The summed E-state index contributed by atoms with van der Waals surface area (Å²) in [6, 6.07) is 3.68. The summed E-state index contributed by atoms with van der Waals surface area (Å²) in [6.45, 7) is 0.247. The first kappa shape index (κ1) is 11.6. The van der Waals surface area contributed by atoms with Crippen LogP contribution in [0.3, 0.4) is 0 Å². The Balaban J connectivity index is 2.07. The second-order valence-electron chi connectivity index (χ2n) is 3.96. The lowest BCUT2D eigenvalue weighted by atomic mass is 10.1. The van der Waals surface area contributed by atoms with Gasteiger partial charge in [-0.2, -0.15) is 0 Å². The van der Waals surface area contributed by atoms with Crippen LogP contribution >= 0.6 is 11.3 Å². The van der Waals surface area contributed by atoms with Crippen molar-refractivity contribution in [3.05, 3.63) is 22.4 Å². The predicted octanol–water partition coefficient (Wildman–Crippen LogP) is 0.592. The van der Waals surface area contributed by atoms with Crippen molar-refractivity contribution in [3.8, 4) is 0 Å². The molecule has 0 saturated carbocycles. The Kier molecular flexibility index (Phi) is 3.58. The quantitative estimate of drug-likeness (QED) is 0.811. The molecule has 1 saturated heterocycles. The summed E-state index contributed by atoms with van der Waals surface area (Å²) >= 11 is 1.60. The number of likely N-dealkylation sites (tertiary alicyclic amines) is 1. The van der Waals surface area contributed by atoms with Crippen LogP contribution in [0.4, 0.5) is 0 Å². The number of hydrogen-bond acceptors (Lipinski definition) is 4. The monoisotopic (exact) mass is 241 g/mol. The molecule has 1 amide bonds. The molecule has 0 aliphatic carbocycles. The van der Waals surface area contributed by atoms with E-state index in [1.807, 2.05) is 17.5 Å². The normalized spacial score (nSPS) is 22.8. The fourth-order valence-corrected chi connectivity index (χ4v) is 2.76. The van der Waals surface area contributed by atoms with E-state index < -0.39 is 6.10 Å². The minimum Gasteiger partial charge on any atom is -0.394 e. The molecule has 0 bridgehead atoms. The van der Waals surface area contributed by atoms with Gasteiger partial charge < -0.3 is 15.1 Å². The number of aliphatic hydroxyl groups excluding tert-OH is 2. The smallest absolute Gasteiger partial charge is 0.223 e. The summed E-state index contributed by atoms with van der Waals surface area (Å²) in [4.78, 5) is 14.4. The Morgan fingerprint density at radius 1 is 1.62 bits per heavy atom. The van der Waals surface area contributed by atoms with Gasteiger partial charge in [0, 0.05) is 11.3 Å². The van der Waals surface area contributed by atoms with E-state index in [0.29, 0.717) is 19.4 Å². The highest BCUT2D eigenvalue weighted by atomic mass is 32.1. The van der Waals surface area contributed by atoms with Gasteiger partial charge in [0.2, 0.25) is 5.91 Å². The molecule has 2 rings (SSSR count). The topological polar surface area (TPSA) is 60.8 Å². The number of aliphatic hydroxyl groups is 2. The molecule has 1 fully saturated rings. The first-order valence-corrected chi connectivity index (χ1v) is 6.21. The van der Waals surface area contributed by atoms with Crippen molar-refractivity contribution in [1.29, 1.82) is 0 Å². The highest BCUT2D eigenvalue weighted by Crippen LogP contribution is 2.25. The minimum absolute atomic E-state index is 0.0610. The van der Waals surface area contributed by atoms with Crippen molar-refractivity contribution in [2.24, 2.45) is 0 Å². The zero-order valence-corrected chi connectivity index (χ0v) is 9.69. The summed E-state index contributed by atoms with van der Waals surface area (Å²) < 4.78 is 0. The van der Waals surface area contributed by atoms with Crippen LogP contribution in [0.2, 0.25) is 0 Å². The molecule has 0 aromatic carbocycles. The van der Waals surface area contributed by atoms with Gasteiger partial charge >= 0.3 is 0 Å². The third kappa shape index (κ3) is 2.26. The lowest BCUT2D eigenvalue weighted by Crippen LogP contribution is -2.42. The molecule has 88 valence electrons. The summed E-state index contributed by atoms with van der Waals surface area (Å²) in [5.74, 6) is 0.0610. The molecule has 1 unspecified atom stereocenters. The molecule has 2 N–H and O–H groups in total. The van der Waals surface area contributed by atoms with E-state index in [0.717, 1.165) is 4.88 Å². The van der Waals surface area contributed by atoms with Crippen molar-refractivity contribution < 1.29 is 15.0 Å². The Bertz CT molecular complexity index is 352. The number of thiophene rings is 1. The van der Waals surface area contributed by atoms with E-state index in [-0.39, 0.29) is 18.6 Å². The van der Waals surface area contributed by atoms with Gasteiger partial charge in [0.1, 0.15) is 0 Å². The number of hydrogen-bond donors (Lipinski definition) is 2. The zero-order valence-electron chi connectivity index (χ0n) is 8.87. The van der Waals surface area contributed by atoms with Crippen LogP contribution in [-0.2, 0) is 11.3 Å². The first-order chi connectivity index (χ1) is 7.72. The predicted molar refractivity (Wildman–Crippen MR) is 61.0 cm³/mol. The number of amides is 1. The van der Waals surface area contributed by atoms with Gasteiger partial charge in [0.05, 0.1) is 25.3 Å². The Morgan fingerprint density at radius 2 is 2.44 bits per heavy atom. The molecule has 5 heteroatoms. The summed E-state index contributed by atoms with van der Waals surface area (Å²) in [5.41, 5.74) is 0. The maximum Gasteiger partial charge on any atom is 0.223 e. The first-order valence-electron chi connectivity index (χ1n) is 5.33. The molecule has 1 aliphatic heterocycles. The molecule has 1 aromatic rings. The minimum atomic E-state index is -0.827. The van der Waals surface area contributed by atoms with Gasteiger partial charge in [-0.05, 0) is 17.9 Å². The number of carbonyl (C=O) groups is 1. The molecular weight excluding hydrogens is 226 g/mol. The van der Waals surface area contributed by atoms with Crippen molar-refractivity contribution in [1.82, 2.24) is 4.90 Å². The number of rotatable bonds is 4. The van der Waals surface area contributed by atoms with E-state index >= 15 is 0 Å². The van der Waals surface area contributed by atoms with Crippen LogP contribution in [0, 0.1) is 0 Å². The van der Waals surface area contributed by atoms with Crippen LogP contribution in [0.1, 0.15) is 17.7 Å². The largest absolute Gasteiger partial charge is 0.394 e. The highest BCUT2D eigenvalue weighted by Gasteiger charge is 2.35. The van der Waals surface area contributed by atoms with Crippen LogP contribution < -0.4 is 0 Å². The van der Waals surface area contributed by atoms with Crippen LogP contribution in [0.25, 0.3) is 0 Å². The summed E-state index contributed by atoms with van der Waals surface area (Å²) in [5, 5.41) is 20.5. The van der Waals surface area contributed by atoms with Gasteiger partial charge in [-0.1, -0.05) is 6.07 Å². The SMILES string of the molecule is O=C1CC[C@@H](C(O)CO)N1Cc1cccs1. The molecule has 0 radical (unpaired) electrons. The van der Waals surface area contributed by atoms with E-state index in [2.05, 4.69) is 0 Å². The lowest BCUT2D eigenvalue weighted by Gasteiger charge is -2.27. The Labute approximate surface area is 98.1 Å². The molecule has 2 atom stereocenters. The fourth-order valence-electron chi connectivity index (χ4n) is 2.05. The molecule has 1 aliphatic rings. The second kappa shape index (κ2) is 4.95. The second-order valence-corrected chi connectivity index (χ2v) is 4.99. The van der Waals surface area contributed by atoms with Crippen molar-refractivity contribution in [3.63, 3.8) is 0 Å². The van der Waals surface area contributed by atoms with Gasteiger partial charge in [-0.25, -0.2) is 0 Å². The molecule has 16 heavy (non-hydrogen) atoms. The summed E-state index contributed by atoms with van der Waals surface area (Å²) in [6.07, 6.45) is 0.269. The Morgan fingerprint density at radius 3 is 3.06 bits per heavy atom. The average Bonchev–Trinajstić information content (AvgIpc) is 2.90. The molecule has 4 nitrogen and oxygen atoms in total. The average molecular weight is 241 g/mol. The number of nitrogens with zero attached hydrogens (tertiary/aromatic N) is 1. The van der Waals surface area contributed by atoms with Gasteiger partial charge in [-0.3, -0.25) is 4.79 Å². The number of carbonyl (C=O) groups excluding carboxylic acids is 1.